The second-order valence-corrected chi connectivity index (χ2v) is 5.34. The maximum Gasteiger partial charge on any atom is 0.227 e. The molecular formula is C9H14N2O3S. The van der Waals surface area contributed by atoms with Crippen LogP contribution in [0.2, 0.25) is 0 Å². The molecule has 0 spiro atoms. The van der Waals surface area contributed by atoms with Gasteiger partial charge < -0.3 is 4.57 Å². The summed E-state index contributed by atoms with van der Waals surface area (Å²) in [7, 11) is -1.81. The van der Waals surface area contributed by atoms with Crippen LogP contribution in [0, 0.1) is 0 Å². The molecule has 1 aromatic heterocycles. The van der Waals surface area contributed by atoms with E-state index in [1.54, 1.807) is 20.9 Å². The molecule has 0 atom stereocenters. The van der Waals surface area contributed by atoms with E-state index in [0.717, 1.165) is 0 Å². The maximum absolute atomic E-state index is 11.6. The van der Waals surface area contributed by atoms with E-state index in [-0.39, 0.29) is 16.7 Å². The summed E-state index contributed by atoms with van der Waals surface area (Å²) in [5.74, 6) is -0.125. The van der Waals surface area contributed by atoms with Crippen LogP contribution in [0.5, 0.6) is 0 Å². The third-order valence-electron chi connectivity index (χ3n) is 2.21. The van der Waals surface area contributed by atoms with Gasteiger partial charge in [-0.05, 0) is 0 Å². The van der Waals surface area contributed by atoms with Crippen LogP contribution in [0.25, 0.3) is 0 Å². The second kappa shape index (κ2) is 4.14. The molecule has 1 aromatic rings. The Labute approximate surface area is 89.0 Å². The highest BCUT2D eigenvalue weighted by atomic mass is 32.2. The smallest absolute Gasteiger partial charge is 0.227 e. The van der Waals surface area contributed by atoms with E-state index < -0.39 is 9.84 Å². The molecule has 0 aliphatic carbocycles. The summed E-state index contributed by atoms with van der Waals surface area (Å²) >= 11 is 0. The first-order valence-electron chi connectivity index (χ1n) is 4.71. The van der Waals surface area contributed by atoms with Gasteiger partial charge in [-0.1, -0.05) is 13.8 Å². The van der Waals surface area contributed by atoms with Crippen LogP contribution in [0.4, 0.5) is 0 Å². The highest BCUT2D eigenvalue weighted by Crippen LogP contribution is 2.12. The first kappa shape index (κ1) is 11.9. The van der Waals surface area contributed by atoms with E-state index in [1.807, 2.05) is 0 Å². The average molecular weight is 230 g/mol. The topological polar surface area (TPSA) is 69.0 Å². The number of nitrogens with zero attached hydrogens (tertiary/aromatic N) is 2. The van der Waals surface area contributed by atoms with Gasteiger partial charge in [0.2, 0.25) is 15.0 Å². The summed E-state index contributed by atoms with van der Waals surface area (Å²) in [4.78, 5) is 15.2. The lowest BCUT2D eigenvalue weighted by Crippen LogP contribution is -2.13. The van der Waals surface area contributed by atoms with Gasteiger partial charge in [-0.2, -0.15) is 0 Å². The molecule has 0 radical (unpaired) electrons. The monoisotopic (exact) mass is 230 g/mol. The fourth-order valence-electron chi connectivity index (χ4n) is 1.25. The molecule has 0 N–H and O–H groups in total. The van der Waals surface area contributed by atoms with Gasteiger partial charge >= 0.3 is 0 Å². The van der Waals surface area contributed by atoms with Crippen molar-refractivity contribution in [1.29, 1.82) is 0 Å². The molecule has 6 heteroatoms. The van der Waals surface area contributed by atoms with E-state index in [1.165, 1.54) is 10.8 Å². The van der Waals surface area contributed by atoms with Gasteiger partial charge in [0.1, 0.15) is 5.69 Å². The van der Waals surface area contributed by atoms with Gasteiger partial charge in [-0.15, -0.1) is 0 Å². The van der Waals surface area contributed by atoms with Crippen LogP contribution < -0.4 is 0 Å². The Bertz CT molecular complexity index is 474. The van der Waals surface area contributed by atoms with Crippen molar-refractivity contribution in [2.75, 3.05) is 5.75 Å². The fourth-order valence-corrected chi connectivity index (χ4v) is 2.24. The van der Waals surface area contributed by atoms with Crippen LogP contribution in [-0.4, -0.2) is 29.5 Å². The number of sulfone groups is 1. The molecule has 0 fully saturated rings. The predicted molar refractivity (Wildman–Crippen MR) is 55.6 cm³/mol. The Kier molecular flexibility index (Phi) is 3.28. The van der Waals surface area contributed by atoms with Gasteiger partial charge in [0.25, 0.3) is 0 Å². The highest BCUT2D eigenvalue weighted by Gasteiger charge is 2.21. The molecule has 1 rings (SSSR count). The van der Waals surface area contributed by atoms with Crippen molar-refractivity contribution in [2.45, 2.75) is 25.4 Å². The lowest BCUT2D eigenvalue weighted by molar-refractivity contribution is 0.0979. The molecule has 1 heterocycles. The first-order valence-corrected chi connectivity index (χ1v) is 6.37. The molecular weight excluding hydrogens is 216 g/mol. The minimum Gasteiger partial charge on any atom is -0.316 e. The lowest BCUT2D eigenvalue weighted by Gasteiger charge is -2.03. The van der Waals surface area contributed by atoms with Gasteiger partial charge in [0, 0.05) is 13.5 Å². The van der Waals surface area contributed by atoms with Crippen molar-refractivity contribution in [2.24, 2.45) is 7.05 Å². The summed E-state index contributed by atoms with van der Waals surface area (Å²) in [5.41, 5.74) is 0.338. The Morgan fingerprint density at radius 3 is 2.53 bits per heavy atom. The lowest BCUT2D eigenvalue weighted by atomic mass is 10.2. The average Bonchev–Trinajstić information content (AvgIpc) is 2.59. The van der Waals surface area contributed by atoms with Crippen LogP contribution in [0.1, 0.15) is 30.8 Å². The number of imidazole rings is 1. The second-order valence-electron chi connectivity index (χ2n) is 3.17. The molecule has 0 unspecified atom stereocenters. The van der Waals surface area contributed by atoms with E-state index in [4.69, 9.17) is 0 Å². The molecule has 0 amide bonds. The molecule has 0 aliphatic rings. The standard InChI is InChI=1S/C9H14N2O3S/c1-4-8(12)7-6-10-9(11(7)3)15(13,14)5-2/h6H,4-5H2,1-3H3. The molecule has 5 nitrogen and oxygen atoms in total. The first-order chi connectivity index (χ1) is 6.94. The number of Topliss-reactive ketones (excluding diaryl/α,β-unsaturated/α-hetero) is 1. The minimum absolute atomic E-state index is 0.0163. The van der Waals surface area contributed by atoms with Gasteiger partial charge in [-0.3, -0.25) is 4.79 Å². The van der Waals surface area contributed by atoms with E-state index in [2.05, 4.69) is 4.98 Å². The van der Waals surface area contributed by atoms with Gasteiger partial charge in [-0.25, -0.2) is 13.4 Å². The fraction of sp³-hybridized carbons (Fsp3) is 0.556. The molecule has 0 saturated carbocycles. The van der Waals surface area contributed by atoms with Crippen LogP contribution >= 0.6 is 0 Å². The third-order valence-corrected chi connectivity index (χ3v) is 3.91. The quantitative estimate of drug-likeness (QED) is 0.718. The predicted octanol–water partition coefficient (Wildman–Crippen LogP) is 0.806. The van der Waals surface area contributed by atoms with Crippen molar-refractivity contribution in [3.8, 4) is 0 Å². The minimum atomic E-state index is -3.35. The zero-order valence-electron chi connectivity index (χ0n) is 9.02. The Balaban J connectivity index is 3.27. The largest absolute Gasteiger partial charge is 0.316 e. The summed E-state index contributed by atoms with van der Waals surface area (Å²) in [6.07, 6.45) is 1.65. The van der Waals surface area contributed by atoms with Crippen molar-refractivity contribution >= 4 is 15.6 Å². The Morgan fingerprint density at radius 2 is 2.07 bits per heavy atom. The van der Waals surface area contributed by atoms with Gasteiger partial charge in [0.15, 0.2) is 5.78 Å². The summed E-state index contributed by atoms with van der Waals surface area (Å²) in [6.45, 7) is 3.27. The number of rotatable bonds is 4. The Hall–Kier alpha value is -1.17. The van der Waals surface area contributed by atoms with Crippen molar-refractivity contribution in [1.82, 2.24) is 9.55 Å². The number of hydrogen-bond acceptors (Lipinski definition) is 4. The number of ketones is 1. The van der Waals surface area contributed by atoms with Crippen molar-refractivity contribution in [3.05, 3.63) is 11.9 Å². The summed E-state index contributed by atoms with van der Waals surface area (Å²) in [6, 6.07) is 0. The van der Waals surface area contributed by atoms with Crippen LogP contribution in [0.3, 0.4) is 0 Å². The molecule has 84 valence electrons. The zero-order chi connectivity index (χ0) is 11.6. The van der Waals surface area contributed by atoms with E-state index in [0.29, 0.717) is 12.1 Å². The summed E-state index contributed by atoms with van der Waals surface area (Å²) < 4.78 is 24.4. The highest BCUT2D eigenvalue weighted by molar-refractivity contribution is 7.91. The maximum atomic E-state index is 11.6. The molecule has 0 saturated heterocycles. The van der Waals surface area contributed by atoms with Gasteiger partial charge in [0.05, 0.1) is 11.9 Å². The number of carbonyl (C=O) groups excluding carboxylic acids is 1. The third kappa shape index (κ3) is 2.09. The SMILES string of the molecule is CCC(=O)c1cnc(S(=O)(=O)CC)n1C. The van der Waals surface area contributed by atoms with E-state index in [9.17, 15) is 13.2 Å². The van der Waals surface area contributed by atoms with Crippen molar-refractivity contribution < 1.29 is 13.2 Å². The van der Waals surface area contributed by atoms with E-state index >= 15 is 0 Å². The normalized spacial score (nSPS) is 11.7. The van der Waals surface area contributed by atoms with Crippen LogP contribution in [-0.2, 0) is 16.9 Å². The molecule has 0 aromatic carbocycles. The molecule has 15 heavy (non-hydrogen) atoms. The molecule has 0 bridgehead atoms. The zero-order valence-corrected chi connectivity index (χ0v) is 9.84. The molecule has 0 aliphatic heterocycles. The number of aromatic nitrogens is 2. The Morgan fingerprint density at radius 1 is 1.47 bits per heavy atom. The summed E-state index contributed by atoms with van der Waals surface area (Å²) in [5, 5.41) is -0.0400. The van der Waals surface area contributed by atoms with Crippen molar-refractivity contribution in [3.63, 3.8) is 0 Å². The number of hydrogen-bond donors (Lipinski definition) is 0. The van der Waals surface area contributed by atoms with Crippen LogP contribution in [0.15, 0.2) is 11.4 Å². The number of carbonyl (C=O) groups is 1.